The molecule has 1 amide bonds. The van der Waals surface area contributed by atoms with Crippen LogP contribution in [0.15, 0.2) is 24.3 Å². The summed E-state index contributed by atoms with van der Waals surface area (Å²) in [6.45, 7) is 4.16. The summed E-state index contributed by atoms with van der Waals surface area (Å²) in [7, 11) is -5.84. The van der Waals surface area contributed by atoms with Crippen molar-refractivity contribution in [1.82, 2.24) is 5.32 Å². The first kappa shape index (κ1) is 29.2. The highest BCUT2D eigenvalue weighted by Gasteiger charge is 2.56. The number of carbonyl (C=O) groups excluding carboxylic acids is 1. The molecular formula is C25H33F6N2O4P. The van der Waals surface area contributed by atoms with Gasteiger partial charge >= 0.3 is 20.3 Å². The summed E-state index contributed by atoms with van der Waals surface area (Å²) in [5.41, 5.74) is -0.912. The second-order valence-electron chi connectivity index (χ2n) is 12.1. The van der Waals surface area contributed by atoms with Crippen LogP contribution in [0.4, 0.5) is 32.0 Å². The van der Waals surface area contributed by atoms with Gasteiger partial charge in [-0.1, -0.05) is 32.9 Å². The molecule has 0 heterocycles. The third kappa shape index (κ3) is 6.86. The van der Waals surface area contributed by atoms with Gasteiger partial charge in [-0.3, -0.25) is 9.36 Å². The fraction of sp³-hybridized carbons (Fsp3) is 0.720. The smallest absolute Gasteiger partial charge is 0.371 e. The molecular weight excluding hydrogens is 537 g/mol. The maximum Gasteiger partial charge on any atom is 0.529 e. The molecule has 1 aromatic carbocycles. The molecule has 0 saturated heterocycles. The second-order valence-corrected chi connectivity index (χ2v) is 14.1. The summed E-state index contributed by atoms with van der Waals surface area (Å²) in [6, 6.07) is 6.03. The number of hydrogen-bond acceptors (Lipinski definition) is 5. The van der Waals surface area contributed by atoms with E-state index in [4.69, 9.17) is 0 Å². The van der Waals surface area contributed by atoms with Crippen molar-refractivity contribution in [1.29, 1.82) is 0 Å². The molecule has 4 saturated carbocycles. The zero-order valence-electron chi connectivity index (χ0n) is 21.4. The minimum Gasteiger partial charge on any atom is -0.371 e. The van der Waals surface area contributed by atoms with E-state index in [1.54, 1.807) is 12.1 Å². The Labute approximate surface area is 217 Å². The Bertz CT molecular complexity index is 1010. The topological polar surface area (TPSA) is 76.7 Å². The van der Waals surface area contributed by atoms with E-state index in [1.807, 2.05) is 0 Å². The van der Waals surface area contributed by atoms with Crippen LogP contribution in [0.25, 0.3) is 0 Å². The summed E-state index contributed by atoms with van der Waals surface area (Å²) >= 11 is 0. The second kappa shape index (κ2) is 10.0. The highest BCUT2D eigenvalue weighted by Crippen LogP contribution is 2.64. The third-order valence-electron chi connectivity index (χ3n) is 7.83. The Hall–Kier alpha value is -1.78. The SMILES string of the molecule is CC(C)(C)C(Nc1ccc(CNC(=O)C23CC4CC(CC(C4)C2)C3)cc1)P(=O)(OC(F)(F)F)OC(F)(F)F. The van der Waals surface area contributed by atoms with Crippen LogP contribution in [0, 0.1) is 28.6 Å². The molecule has 0 spiro atoms. The van der Waals surface area contributed by atoms with Crippen LogP contribution in [0.3, 0.4) is 0 Å². The van der Waals surface area contributed by atoms with Crippen LogP contribution in [0.5, 0.6) is 0 Å². The molecule has 4 fully saturated rings. The molecule has 0 aromatic heterocycles. The normalized spacial score (nSPS) is 28.3. The minimum absolute atomic E-state index is 0.0427. The Kier molecular flexibility index (Phi) is 7.69. The summed E-state index contributed by atoms with van der Waals surface area (Å²) in [4.78, 5) is 13.2. The van der Waals surface area contributed by atoms with Crippen LogP contribution in [-0.4, -0.2) is 24.4 Å². The van der Waals surface area contributed by atoms with Gasteiger partial charge in [0.25, 0.3) is 0 Å². The van der Waals surface area contributed by atoms with Gasteiger partial charge in [-0.25, -0.2) is 9.05 Å². The van der Waals surface area contributed by atoms with E-state index in [1.165, 1.54) is 52.2 Å². The summed E-state index contributed by atoms with van der Waals surface area (Å²) in [6.07, 6.45) is -4.87. The van der Waals surface area contributed by atoms with Crippen LogP contribution >= 0.6 is 7.60 Å². The van der Waals surface area contributed by atoms with Gasteiger partial charge < -0.3 is 10.6 Å². The lowest BCUT2D eigenvalue weighted by molar-refractivity contribution is -0.308. The van der Waals surface area contributed by atoms with Gasteiger partial charge in [0, 0.05) is 17.6 Å². The lowest BCUT2D eigenvalue weighted by atomic mass is 9.49. The molecule has 4 aliphatic rings. The third-order valence-corrected chi connectivity index (χ3v) is 10.3. The van der Waals surface area contributed by atoms with E-state index in [9.17, 15) is 35.7 Å². The molecule has 1 atom stereocenters. The molecule has 5 rings (SSSR count). The van der Waals surface area contributed by atoms with Crippen molar-refractivity contribution in [2.24, 2.45) is 28.6 Å². The van der Waals surface area contributed by atoms with Crippen LogP contribution in [0.2, 0.25) is 0 Å². The quantitative estimate of drug-likeness (QED) is 0.249. The molecule has 4 bridgehead atoms. The fourth-order valence-corrected chi connectivity index (χ4v) is 8.90. The number of anilines is 1. The zero-order chi connectivity index (χ0) is 28.1. The first-order valence-electron chi connectivity index (χ1n) is 12.6. The van der Waals surface area contributed by atoms with Gasteiger partial charge in [0.1, 0.15) is 5.78 Å². The first-order chi connectivity index (χ1) is 17.4. The molecule has 1 aromatic rings. The van der Waals surface area contributed by atoms with Gasteiger partial charge in [0.15, 0.2) is 0 Å². The van der Waals surface area contributed by atoms with E-state index in [0.717, 1.165) is 19.3 Å². The molecule has 0 radical (unpaired) electrons. The number of hydrogen-bond donors (Lipinski definition) is 2. The van der Waals surface area contributed by atoms with Crippen molar-refractivity contribution in [3.63, 3.8) is 0 Å². The highest BCUT2D eigenvalue weighted by atomic mass is 31.2. The number of halogens is 6. The Balaban J connectivity index is 1.44. The molecule has 6 nitrogen and oxygen atoms in total. The summed E-state index contributed by atoms with van der Waals surface area (Å²) < 4.78 is 97.5. The predicted molar refractivity (Wildman–Crippen MR) is 128 cm³/mol. The fourth-order valence-electron chi connectivity index (χ4n) is 6.82. The van der Waals surface area contributed by atoms with E-state index >= 15 is 0 Å². The lowest BCUT2D eigenvalue weighted by Crippen LogP contribution is -2.53. The van der Waals surface area contributed by atoms with E-state index in [0.29, 0.717) is 23.3 Å². The Morgan fingerprint density at radius 1 is 0.921 bits per heavy atom. The van der Waals surface area contributed by atoms with Crippen molar-refractivity contribution in [3.05, 3.63) is 29.8 Å². The van der Waals surface area contributed by atoms with Crippen molar-refractivity contribution in [2.75, 3.05) is 5.32 Å². The molecule has 4 aliphatic carbocycles. The maximum atomic E-state index is 13.2. The van der Waals surface area contributed by atoms with Crippen molar-refractivity contribution < 1.29 is 44.7 Å². The molecule has 214 valence electrons. The monoisotopic (exact) mass is 570 g/mol. The van der Waals surface area contributed by atoms with Crippen molar-refractivity contribution in [3.8, 4) is 0 Å². The molecule has 1 unspecified atom stereocenters. The van der Waals surface area contributed by atoms with Gasteiger partial charge in [0.2, 0.25) is 5.91 Å². The molecule has 2 N–H and O–H groups in total. The summed E-state index contributed by atoms with van der Waals surface area (Å²) in [5, 5.41) is 5.51. The van der Waals surface area contributed by atoms with Crippen LogP contribution in [-0.2, 0) is 25.0 Å². The van der Waals surface area contributed by atoms with Crippen LogP contribution in [0.1, 0.15) is 64.9 Å². The zero-order valence-corrected chi connectivity index (χ0v) is 22.3. The minimum atomic E-state index is -5.84. The summed E-state index contributed by atoms with van der Waals surface area (Å²) in [5.74, 6) is -0.105. The average Bonchev–Trinajstić information content (AvgIpc) is 2.72. The number of amides is 1. The number of carbonyl (C=O) groups is 1. The first-order valence-corrected chi connectivity index (χ1v) is 14.3. The number of nitrogens with one attached hydrogen (secondary N) is 2. The Morgan fingerprint density at radius 3 is 1.76 bits per heavy atom. The van der Waals surface area contributed by atoms with Gasteiger partial charge in [0.05, 0.1) is 0 Å². The standard InChI is InChI=1S/C25H33F6N2O4P/c1-22(2,3)21(38(35,36-24(26,27)28)37-25(29,30)31)33-19-6-4-15(5-7-19)14-32-20(34)23-11-16-8-17(12-23)10-18(9-16)13-23/h4-7,16-18,21,33H,8-14H2,1-3H3,(H,32,34). The van der Waals surface area contributed by atoms with E-state index in [-0.39, 0.29) is 23.6 Å². The van der Waals surface area contributed by atoms with E-state index < -0.39 is 31.5 Å². The van der Waals surface area contributed by atoms with Gasteiger partial charge in [-0.2, -0.15) is 0 Å². The Morgan fingerprint density at radius 2 is 1.37 bits per heavy atom. The molecule has 0 aliphatic heterocycles. The number of benzene rings is 1. The average molecular weight is 571 g/mol. The van der Waals surface area contributed by atoms with Crippen LogP contribution < -0.4 is 10.6 Å². The largest absolute Gasteiger partial charge is 0.529 e. The van der Waals surface area contributed by atoms with Gasteiger partial charge in [-0.05, 0) is 79.4 Å². The van der Waals surface area contributed by atoms with Crippen molar-refractivity contribution in [2.45, 2.75) is 84.3 Å². The predicted octanol–water partition coefficient (Wildman–Crippen LogP) is 7.57. The van der Waals surface area contributed by atoms with Crippen molar-refractivity contribution >= 4 is 19.2 Å². The molecule has 13 heteroatoms. The lowest BCUT2D eigenvalue weighted by Gasteiger charge is -2.55. The highest BCUT2D eigenvalue weighted by molar-refractivity contribution is 7.54. The number of alkyl halides is 6. The maximum absolute atomic E-state index is 13.2. The number of rotatable bonds is 8. The molecule has 38 heavy (non-hydrogen) atoms. The van der Waals surface area contributed by atoms with E-state index in [2.05, 4.69) is 19.7 Å². The van der Waals surface area contributed by atoms with Gasteiger partial charge in [-0.15, -0.1) is 26.3 Å².